The molecule has 56 heavy (non-hydrogen) atoms. The predicted molar refractivity (Wildman–Crippen MR) is 215 cm³/mol. The minimum Gasteiger partial charge on any atom is -0.383 e. The van der Waals surface area contributed by atoms with Crippen molar-refractivity contribution in [2.24, 2.45) is 0 Å². The minimum atomic E-state index is -1.02. The molecule has 0 radical (unpaired) electrons. The van der Waals surface area contributed by atoms with E-state index < -0.39 is 17.5 Å². The van der Waals surface area contributed by atoms with E-state index in [0.29, 0.717) is 73.3 Å². The number of methoxy groups -OCH3 is 1. The number of halogens is 1. The molecule has 1 atom stereocenters. The number of carbonyl (C=O) groups is 2. The van der Waals surface area contributed by atoms with E-state index in [4.69, 9.17) is 14.7 Å². The van der Waals surface area contributed by atoms with Gasteiger partial charge in [0.15, 0.2) is 5.82 Å². The second-order valence-electron chi connectivity index (χ2n) is 16.5. The zero-order valence-electron chi connectivity index (χ0n) is 33.3. The molecule has 1 spiro atoms. The summed E-state index contributed by atoms with van der Waals surface area (Å²) in [6.07, 6.45) is 7.63. The Labute approximate surface area is 328 Å². The summed E-state index contributed by atoms with van der Waals surface area (Å²) in [5.74, 6) is 0.163. The summed E-state index contributed by atoms with van der Waals surface area (Å²) in [5.41, 5.74) is 5.54. The average molecular weight is 767 g/mol. The van der Waals surface area contributed by atoms with Crippen LogP contribution in [0.5, 0.6) is 0 Å². The molecule has 4 aliphatic rings. The van der Waals surface area contributed by atoms with Gasteiger partial charge in [0.2, 0.25) is 11.8 Å². The van der Waals surface area contributed by atoms with Crippen molar-refractivity contribution in [3.8, 4) is 11.3 Å². The van der Waals surface area contributed by atoms with Crippen LogP contribution in [-0.2, 0) is 19.7 Å². The van der Waals surface area contributed by atoms with Gasteiger partial charge in [-0.1, -0.05) is 18.6 Å². The number of aromatic nitrogens is 3. The number of aliphatic hydroxyl groups is 1. The number of nitrogens with one attached hydrogen (secondary N) is 2. The van der Waals surface area contributed by atoms with Crippen LogP contribution >= 0.6 is 0 Å². The Morgan fingerprint density at radius 3 is 2.50 bits per heavy atom. The number of ether oxygens (including phenoxy) is 1. The third-order valence-corrected chi connectivity index (χ3v) is 12.8. The third-order valence-electron chi connectivity index (χ3n) is 12.8. The highest BCUT2D eigenvalue weighted by Crippen LogP contribution is 2.52. The Bertz CT molecular complexity index is 2120. The smallest absolute Gasteiger partial charge is 0.238 e. The molecule has 1 unspecified atom stereocenters. The van der Waals surface area contributed by atoms with E-state index >= 15 is 4.39 Å². The average Bonchev–Trinajstić information content (AvgIpc) is 3.70. The van der Waals surface area contributed by atoms with E-state index in [-0.39, 0.29) is 29.6 Å². The van der Waals surface area contributed by atoms with Crippen molar-refractivity contribution in [3.05, 3.63) is 65.2 Å². The van der Waals surface area contributed by atoms with Gasteiger partial charge in [-0.25, -0.2) is 14.4 Å². The van der Waals surface area contributed by atoms with Gasteiger partial charge in [0, 0.05) is 68.6 Å². The molecule has 13 heteroatoms. The predicted octanol–water partition coefficient (Wildman–Crippen LogP) is 6.34. The van der Waals surface area contributed by atoms with Crippen LogP contribution in [0.25, 0.3) is 22.3 Å². The number of carbonyl (C=O) groups excluding carboxylic acids is 2. The molecule has 4 aromatic rings. The van der Waals surface area contributed by atoms with Gasteiger partial charge in [-0.2, -0.15) is 0 Å². The van der Waals surface area contributed by atoms with Crippen molar-refractivity contribution in [1.82, 2.24) is 29.7 Å². The normalized spacial score (nSPS) is 21.5. The molecule has 12 nitrogen and oxygen atoms in total. The molecule has 3 N–H and O–H groups in total. The summed E-state index contributed by atoms with van der Waals surface area (Å²) in [6, 6.07) is 11.9. The maximum absolute atomic E-state index is 15.7. The first-order valence-corrected chi connectivity index (χ1v) is 20.3. The zero-order chi connectivity index (χ0) is 39.3. The van der Waals surface area contributed by atoms with E-state index in [2.05, 4.69) is 46.4 Å². The Morgan fingerprint density at radius 1 is 1.05 bits per heavy atom. The molecule has 0 bridgehead atoms. The first-order chi connectivity index (χ1) is 27.0. The summed E-state index contributed by atoms with van der Waals surface area (Å²) < 4.78 is 22.9. The molecule has 2 saturated heterocycles. The first-order valence-electron chi connectivity index (χ1n) is 20.3. The van der Waals surface area contributed by atoms with E-state index in [1.54, 1.807) is 33.4 Å². The van der Waals surface area contributed by atoms with Crippen LogP contribution in [0.1, 0.15) is 94.7 Å². The number of imidazole rings is 1. The number of fused-ring (bicyclic) bond motifs is 3. The van der Waals surface area contributed by atoms with Crippen LogP contribution in [0.4, 0.5) is 21.6 Å². The van der Waals surface area contributed by atoms with E-state index in [0.717, 1.165) is 48.3 Å². The largest absolute Gasteiger partial charge is 0.383 e. The van der Waals surface area contributed by atoms with Crippen LogP contribution in [0.2, 0.25) is 0 Å². The molecular weight excluding hydrogens is 712 g/mol. The lowest BCUT2D eigenvalue weighted by Gasteiger charge is -2.48. The fourth-order valence-corrected chi connectivity index (χ4v) is 9.45. The number of aryl methyl sites for hydroxylation is 1. The molecule has 2 aromatic carbocycles. The van der Waals surface area contributed by atoms with Crippen molar-refractivity contribution < 1.29 is 23.8 Å². The van der Waals surface area contributed by atoms with Gasteiger partial charge in [-0.05, 0) is 108 Å². The highest BCUT2D eigenvalue weighted by molar-refractivity contribution is 6.09. The number of amides is 2. The second kappa shape index (κ2) is 15.5. The zero-order valence-corrected chi connectivity index (χ0v) is 33.3. The van der Waals surface area contributed by atoms with Gasteiger partial charge in [0.1, 0.15) is 17.6 Å². The quantitative estimate of drug-likeness (QED) is 0.118. The van der Waals surface area contributed by atoms with Crippen molar-refractivity contribution in [3.63, 3.8) is 0 Å². The summed E-state index contributed by atoms with van der Waals surface area (Å²) >= 11 is 0. The summed E-state index contributed by atoms with van der Waals surface area (Å²) in [6.45, 7) is 11.7. The number of anilines is 3. The Kier molecular flexibility index (Phi) is 10.6. The number of piperidine rings is 2. The van der Waals surface area contributed by atoms with Crippen molar-refractivity contribution >= 4 is 40.0 Å². The Hall–Kier alpha value is -4.43. The topological polar surface area (TPSA) is 128 Å². The Balaban J connectivity index is 1.17. The number of rotatable bonds is 11. The van der Waals surface area contributed by atoms with E-state index in [1.807, 2.05) is 21.6 Å². The van der Waals surface area contributed by atoms with Gasteiger partial charge in [0.25, 0.3) is 0 Å². The molecule has 5 heterocycles. The lowest BCUT2D eigenvalue weighted by Crippen LogP contribution is -2.58. The SMILES string of the molecule is COCCNC(O)c1cc(Nc2nc(-c3ccc4c(c3)N(C3CC(N5CCCCC5)C3)C(=O)C43CCN(C(C)=O)CC3)cc3ncn(C(C)C)c23)c(F)cc1C. The van der Waals surface area contributed by atoms with Crippen molar-refractivity contribution in [2.45, 2.75) is 102 Å². The van der Waals surface area contributed by atoms with Gasteiger partial charge >= 0.3 is 0 Å². The number of likely N-dealkylation sites (tertiary alicyclic amines) is 2. The summed E-state index contributed by atoms with van der Waals surface area (Å²) in [4.78, 5) is 43.6. The van der Waals surface area contributed by atoms with Gasteiger partial charge in [-0.15, -0.1) is 0 Å². The number of benzene rings is 2. The monoisotopic (exact) mass is 766 g/mol. The number of hydrogen-bond acceptors (Lipinski definition) is 9. The molecule has 2 amide bonds. The van der Waals surface area contributed by atoms with Gasteiger partial charge in [-0.3, -0.25) is 14.9 Å². The molecule has 8 rings (SSSR count). The standard InChI is InChI=1S/C43H55FN8O4/c1-26(2)51-25-46-37-24-35(47-40(39(37)51)48-36-23-32(27(3)19-34(36)44)41(54)45-13-18-56-5)29-9-10-33-38(20-29)52(31-21-30(22-31)50-14-7-6-8-15-50)42(55)43(33)11-16-49(17-12-43)28(4)53/h9-10,19-20,23-26,30-31,41,45,54H,6-8,11-18,21-22H2,1-5H3,(H,47,48). The van der Waals surface area contributed by atoms with Crippen LogP contribution < -0.4 is 15.5 Å². The summed E-state index contributed by atoms with van der Waals surface area (Å²) in [5, 5.41) is 17.3. The first kappa shape index (κ1) is 38.4. The molecule has 2 aromatic heterocycles. The maximum atomic E-state index is 15.7. The molecule has 298 valence electrons. The van der Waals surface area contributed by atoms with E-state index in [1.165, 1.54) is 25.3 Å². The fraction of sp³-hybridized carbons (Fsp3) is 0.535. The molecule has 3 aliphatic heterocycles. The molecule has 1 saturated carbocycles. The highest BCUT2D eigenvalue weighted by Gasteiger charge is 2.55. The fourth-order valence-electron chi connectivity index (χ4n) is 9.45. The summed E-state index contributed by atoms with van der Waals surface area (Å²) in [7, 11) is 1.60. The molecule has 3 fully saturated rings. The highest BCUT2D eigenvalue weighted by atomic mass is 19.1. The van der Waals surface area contributed by atoms with Crippen molar-refractivity contribution in [2.75, 3.05) is 56.7 Å². The van der Waals surface area contributed by atoms with E-state index in [9.17, 15) is 14.7 Å². The minimum absolute atomic E-state index is 0.0449. The van der Waals surface area contributed by atoms with Crippen LogP contribution in [-0.4, -0.2) is 99.8 Å². The van der Waals surface area contributed by atoms with Crippen LogP contribution in [0, 0.1) is 12.7 Å². The number of aliphatic hydroxyl groups excluding tert-OH is 1. The second-order valence-corrected chi connectivity index (χ2v) is 16.5. The van der Waals surface area contributed by atoms with Crippen molar-refractivity contribution in [1.29, 1.82) is 0 Å². The molecular formula is C43H55FN8O4. The van der Waals surface area contributed by atoms with Crippen LogP contribution in [0.15, 0.2) is 42.7 Å². The maximum Gasteiger partial charge on any atom is 0.238 e. The lowest BCUT2D eigenvalue weighted by atomic mass is 9.73. The number of hydrogen-bond donors (Lipinski definition) is 3. The molecule has 1 aliphatic carbocycles. The van der Waals surface area contributed by atoms with Crippen LogP contribution in [0.3, 0.4) is 0 Å². The number of nitrogens with zero attached hydrogens (tertiary/aromatic N) is 6. The lowest BCUT2D eigenvalue weighted by molar-refractivity contribution is -0.134. The number of pyridine rings is 1. The third kappa shape index (κ3) is 6.86. The van der Waals surface area contributed by atoms with Gasteiger partial charge in [0.05, 0.1) is 35.2 Å². The van der Waals surface area contributed by atoms with Gasteiger partial charge < -0.3 is 34.4 Å². The Morgan fingerprint density at radius 2 is 1.80 bits per heavy atom.